The first-order valence-electron chi connectivity index (χ1n) is 3.58. The van der Waals surface area contributed by atoms with Crippen molar-refractivity contribution >= 4 is 17.8 Å². The summed E-state index contributed by atoms with van der Waals surface area (Å²) in [4.78, 5) is 3.29. The van der Waals surface area contributed by atoms with Gasteiger partial charge in [-0.15, -0.1) is 11.6 Å². The number of allylic oxidation sites excluding steroid dienone is 1. The van der Waals surface area contributed by atoms with Crippen molar-refractivity contribution in [3.05, 3.63) is 11.5 Å². The number of halogens is 1. The summed E-state index contributed by atoms with van der Waals surface area (Å²) in [7, 11) is 3.16. The number of aliphatic imine (C=N–C) groups is 1. The molecule has 0 heterocycles. The van der Waals surface area contributed by atoms with Crippen molar-refractivity contribution in [3.8, 4) is 0 Å². The van der Waals surface area contributed by atoms with Gasteiger partial charge in [-0.3, -0.25) is 4.99 Å². The molecule has 0 aliphatic carbocycles. The highest BCUT2D eigenvalue weighted by molar-refractivity contribution is 6.27. The van der Waals surface area contributed by atoms with Crippen LogP contribution < -0.4 is 5.73 Å². The van der Waals surface area contributed by atoms with E-state index in [4.69, 9.17) is 22.1 Å². The molecule has 4 heteroatoms. The second-order valence-corrected chi connectivity index (χ2v) is 3.79. The highest BCUT2D eigenvalue weighted by Crippen LogP contribution is 2.23. The van der Waals surface area contributed by atoms with Gasteiger partial charge in [0.1, 0.15) is 0 Å². The molecule has 0 radical (unpaired) electrons. The summed E-state index contributed by atoms with van der Waals surface area (Å²) < 4.78 is 4.87. The minimum Gasteiger partial charge on any atom is -0.482 e. The van der Waals surface area contributed by atoms with Gasteiger partial charge in [0.2, 0.25) is 0 Å². The molecule has 0 rings (SSSR count). The van der Waals surface area contributed by atoms with Crippen LogP contribution in [0.3, 0.4) is 0 Å². The van der Waals surface area contributed by atoms with Gasteiger partial charge in [-0.05, 0) is 13.8 Å². The van der Waals surface area contributed by atoms with Crippen LogP contribution in [-0.4, -0.2) is 25.2 Å². The van der Waals surface area contributed by atoms with Gasteiger partial charge in [0.15, 0.2) is 5.88 Å². The fraction of sp³-hybridized carbons (Fsp3) is 0.625. The number of methoxy groups -OCH3 is 1. The van der Waals surface area contributed by atoms with E-state index in [9.17, 15) is 0 Å². The third-order valence-corrected chi connectivity index (χ3v) is 1.59. The number of rotatable bonds is 3. The van der Waals surface area contributed by atoms with E-state index in [1.807, 2.05) is 13.8 Å². The summed E-state index contributed by atoms with van der Waals surface area (Å²) >= 11 is 6.04. The van der Waals surface area contributed by atoms with E-state index in [0.717, 1.165) is 0 Å². The SMILES string of the molecule is CN=CC(=C(N)OC)C(C)(C)Cl. The molecule has 12 heavy (non-hydrogen) atoms. The molecule has 0 spiro atoms. The van der Waals surface area contributed by atoms with Gasteiger partial charge in [-0.25, -0.2) is 0 Å². The Morgan fingerprint density at radius 2 is 2.08 bits per heavy atom. The van der Waals surface area contributed by atoms with Crippen LogP contribution in [0.4, 0.5) is 0 Å². The van der Waals surface area contributed by atoms with Crippen molar-refractivity contribution in [2.24, 2.45) is 10.7 Å². The number of hydrogen-bond acceptors (Lipinski definition) is 3. The maximum absolute atomic E-state index is 6.04. The Morgan fingerprint density at radius 1 is 1.58 bits per heavy atom. The minimum absolute atomic E-state index is 0.306. The fourth-order valence-corrected chi connectivity index (χ4v) is 0.891. The van der Waals surface area contributed by atoms with Crippen molar-refractivity contribution in [1.82, 2.24) is 0 Å². The average Bonchev–Trinajstić information content (AvgIpc) is 1.96. The van der Waals surface area contributed by atoms with Gasteiger partial charge in [0.25, 0.3) is 0 Å². The van der Waals surface area contributed by atoms with Crippen LogP contribution in [0.15, 0.2) is 16.4 Å². The second kappa shape index (κ2) is 4.36. The quantitative estimate of drug-likeness (QED) is 0.417. The Labute approximate surface area is 78.3 Å². The largest absolute Gasteiger partial charge is 0.482 e. The summed E-state index contributed by atoms with van der Waals surface area (Å²) in [5.74, 6) is 0.306. The number of nitrogens with two attached hydrogens (primary N) is 1. The Hall–Kier alpha value is -0.700. The van der Waals surface area contributed by atoms with Gasteiger partial charge in [-0.2, -0.15) is 0 Å². The van der Waals surface area contributed by atoms with Gasteiger partial charge in [-0.1, -0.05) is 0 Å². The van der Waals surface area contributed by atoms with Crippen molar-refractivity contribution < 1.29 is 4.74 Å². The van der Waals surface area contributed by atoms with Gasteiger partial charge in [0.05, 0.1) is 12.0 Å². The molecule has 0 aromatic carbocycles. The second-order valence-electron chi connectivity index (χ2n) is 2.84. The Morgan fingerprint density at radius 3 is 2.33 bits per heavy atom. The average molecular weight is 191 g/mol. The molecule has 2 N–H and O–H groups in total. The standard InChI is InChI=1S/C8H15ClN2O/c1-8(2,9)6(5-11-3)7(10)12-4/h5H,10H2,1-4H3. The molecule has 0 saturated heterocycles. The van der Waals surface area contributed by atoms with E-state index in [-0.39, 0.29) is 0 Å². The zero-order valence-corrected chi connectivity index (χ0v) is 8.64. The van der Waals surface area contributed by atoms with Crippen LogP contribution >= 0.6 is 11.6 Å². The summed E-state index contributed by atoms with van der Waals surface area (Å²) in [6.45, 7) is 3.66. The van der Waals surface area contributed by atoms with E-state index in [0.29, 0.717) is 11.5 Å². The summed E-state index contributed by atoms with van der Waals surface area (Å²) in [5.41, 5.74) is 6.26. The summed E-state index contributed by atoms with van der Waals surface area (Å²) in [6.07, 6.45) is 1.60. The van der Waals surface area contributed by atoms with Crippen molar-refractivity contribution in [2.45, 2.75) is 18.7 Å². The maximum Gasteiger partial charge on any atom is 0.190 e. The molecule has 0 saturated carbocycles. The number of nitrogens with zero attached hydrogens (tertiary/aromatic N) is 1. The lowest BCUT2D eigenvalue weighted by Gasteiger charge is -2.18. The van der Waals surface area contributed by atoms with E-state index in [1.165, 1.54) is 7.11 Å². The Kier molecular flexibility index (Phi) is 4.10. The van der Waals surface area contributed by atoms with E-state index in [2.05, 4.69) is 4.99 Å². The third kappa shape index (κ3) is 3.13. The van der Waals surface area contributed by atoms with Crippen LogP contribution in [-0.2, 0) is 4.74 Å². The van der Waals surface area contributed by atoms with Crippen LogP contribution in [0.2, 0.25) is 0 Å². The molecule has 0 bridgehead atoms. The first-order valence-corrected chi connectivity index (χ1v) is 3.96. The van der Waals surface area contributed by atoms with Crippen LogP contribution in [0.1, 0.15) is 13.8 Å². The number of alkyl halides is 1. The van der Waals surface area contributed by atoms with Gasteiger partial charge >= 0.3 is 0 Å². The lowest BCUT2D eigenvalue weighted by atomic mass is 10.0. The lowest BCUT2D eigenvalue weighted by molar-refractivity contribution is 0.282. The zero-order valence-electron chi connectivity index (χ0n) is 7.89. The first kappa shape index (κ1) is 11.3. The molecule has 0 atom stereocenters. The molecule has 0 aromatic rings. The van der Waals surface area contributed by atoms with E-state index in [1.54, 1.807) is 13.3 Å². The van der Waals surface area contributed by atoms with Crippen LogP contribution in [0, 0.1) is 0 Å². The summed E-state index contributed by atoms with van der Waals surface area (Å²) in [6, 6.07) is 0. The first-order chi connectivity index (χ1) is 5.43. The van der Waals surface area contributed by atoms with Crippen molar-refractivity contribution in [1.29, 1.82) is 0 Å². The van der Waals surface area contributed by atoms with Crippen LogP contribution in [0.5, 0.6) is 0 Å². The summed E-state index contributed by atoms with van der Waals surface area (Å²) in [5, 5.41) is 0. The molecule has 0 aromatic heterocycles. The molecule has 0 aliphatic rings. The lowest BCUT2D eigenvalue weighted by Crippen LogP contribution is -2.21. The molecule has 70 valence electrons. The number of hydrogen-bond donors (Lipinski definition) is 1. The molecule has 0 unspecified atom stereocenters. The van der Waals surface area contributed by atoms with Crippen molar-refractivity contribution in [3.63, 3.8) is 0 Å². The predicted octanol–water partition coefficient (Wildman–Crippen LogP) is 1.52. The topological polar surface area (TPSA) is 47.6 Å². The fourth-order valence-electron chi connectivity index (χ4n) is 0.749. The minimum atomic E-state index is -0.556. The Bertz CT molecular complexity index is 204. The third-order valence-electron chi connectivity index (χ3n) is 1.38. The predicted molar refractivity (Wildman–Crippen MR) is 52.6 cm³/mol. The van der Waals surface area contributed by atoms with Gasteiger partial charge < -0.3 is 10.5 Å². The van der Waals surface area contributed by atoms with Gasteiger partial charge in [0, 0.05) is 18.8 Å². The molecule has 3 nitrogen and oxygen atoms in total. The van der Waals surface area contributed by atoms with E-state index < -0.39 is 4.87 Å². The Balaban J connectivity index is 4.92. The molecule has 0 amide bonds. The maximum atomic E-state index is 6.04. The smallest absolute Gasteiger partial charge is 0.190 e. The normalized spacial score (nSPS) is 14.8. The highest BCUT2D eigenvalue weighted by Gasteiger charge is 2.21. The van der Waals surface area contributed by atoms with E-state index >= 15 is 0 Å². The molecular weight excluding hydrogens is 176 g/mol. The highest BCUT2D eigenvalue weighted by atomic mass is 35.5. The monoisotopic (exact) mass is 190 g/mol. The van der Waals surface area contributed by atoms with Crippen molar-refractivity contribution in [2.75, 3.05) is 14.2 Å². The molecule has 0 aliphatic heterocycles. The molecular formula is C8H15ClN2O. The number of ether oxygens (including phenoxy) is 1. The molecule has 0 fully saturated rings. The zero-order chi connectivity index (χ0) is 9.78. The van der Waals surface area contributed by atoms with Crippen LogP contribution in [0.25, 0.3) is 0 Å².